The summed E-state index contributed by atoms with van der Waals surface area (Å²) in [5, 5.41) is 31.4. The molecule has 1 fully saturated rings. The molecule has 356 valence electrons. The van der Waals surface area contributed by atoms with E-state index in [4.69, 9.17) is 18.5 Å². The number of Topliss-reactive ketones (excluding diaryl/α,β-unsaturated/α-hetero) is 1. The molecule has 0 aromatic rings. The van der Waals surface area contributed by atoms with Gasteiger partial charge in [-0.3, -0.25) is 18.9 Å². The van der Waals surface area contributed by atoms with Crippen molar-refractivity contribution < 1.29 is 62.2 Å². The third-order valence-electron chi connectivity index (χ3n) is 10.5. The number of hydrogen-bond acceptors (Lipinski definition) is 12. The van der Waals surface area contributed by atoms with Crippen LogP contribution in [-0.2, 0) is 37.5 Å². The fraction of sp³-hybridized carbons (Fsp3) is 0.729. The Labute approximate surface area is 373 Å². The van der Waals surface area contributed by atoms with Gasteiger partial charge < -0.3 is 43.2 Å². The highest BCUT2D eigenvalue weighted by Gasteiger charge is 2.41. The van der Waals surface area contributed by atoms with Crippen LogP contribution in [0.1, 0.15) is 142 Å². The number of phosphoric ester groups is 1. The summed E-state index contributed by atoms with van der Waals surface area (Å²) in [5.41, 5.74) is 0. The SMILES string of the molecule is CC/C=C\C/C=C\C/C=C\C/C=C\CCCCCCC(=O)OC[C@H](COP(=O)([O-])OCC[N+](C)(C)C)OC(=O)CCCCC(=O)C[C@@H]1[C@@H](/C=C/[C@@H](O)CCCCC)[C@H](O)C[C@@H]1O. The number of hydrogen-bond donors (Lipinski definition) is 3. The maximum absolute atomic E-state index is 12.9. The number of esters is 2. The zero-order valence-electron chi connectivity index (χ0n) is 38.6. The smallest absolute Gasteiger partial charge is 0.306 e. The van der Waals surface area contributed by atoms with Gasteiger partial charge in [0.2, 0.25) is 0 Å². The number of rotatable bonds is 37. The van der Waals surface area contributed by atoms with Gasteiger partial charge in [-0.05, 0) is 64.2 Å². The highest BCUT2D eigenvalue weighted by atomic mass is 31.2. The van der Waals surface area contributed by atoms with E-state index in [-0.39, 0.29) is 44.5 Å². The molecule has 1 saturated carbocycles. The lowest BCUT2D eigenvalue weighted by molar-refractivity contribution is -0.870. The molecule has 0 aromatic heterocycles. The minimum atomic E-state index is -4.74. The number of allylic oxidation sites excluding steroid dienone is 8. The van der Waals surface area contributed by atoms with Crippen LogP contribution < -0.4 is 4.89 Å². The van der Waals surface area contributed by atoms with Crippen molar-refractivity contribution in [2.24, 2.45) is 11.8 Å². The summed E-state index contributed by atoms with van der Waals surface area (Å²) in [7, 11) is 0.912. The lowest BCUT2D eigenvalue weighted by Crippen LogP contribution is -2.37. The summed E-state index contributed by atoms with van der Waals surface area (Å²) in [6, 6.07) is 0. The molecule has 62 heavy (non-hydrogen) atoms. The molecule has 1 aliphatic carbocycles. The number of aliphatic hydroxyl groups excluding tert-OH is 3. The molecule has 7 atom stereocenters. The summed E-state index contributed by atoms with van der Waals surface area (Å²) in [6.45, 7) is 3.52. The summed E-state index contributed by atoms with van der Waals surface area (Å²) < 4.78 is 33.7. The van der Waals surface area contributed by atoms with Crippen molar-refractivity contribution in [1.29, 1.82) is 0 Å². The highest BCUT2D eigenvalue weighted by Crippen LogP contribution is 2.39. The average molecular weight is 896 g/mol. The standard InChI is InChI=1S/C48H82NO12P/c1-6-8-10-11-12-13-14-15-16-17-18-19-20-21-22-23-25-30-47(54)58-38-42(39-60-62(56,57)59-35-34-49(3,4)5)61-48(55)31-27-26-29-41(51)36-44-43(45(52)37-46(44)53)33-32-40(50)28-24-9-7-2/h8,10,12-13,15-16,18-19,32-33,40,42-46,50,52-53H,6-7,9,11,14,17,20-31,34-39H2,1-5H3/b10-8-,13-12-,16-15-,19-18-,33-32+/t40-,42+,43+,44+,45+,46-/m0/s1. The lowest BCUT2D eigenvalue weighted by Gasteiger charge is -2.28. The number of aliphatic hydroxyl groups is 3. The van der Waals surface area contributed by atoms with Crippen LogP contribution in [0.25, 0.3) is 0 Å². The van der Waals surface area contributed by atoms with Crippen LogP contribution in [0.3, 0.4) is 0 Å². The van der Waals surface area contributed by atoms with E-state index < -0.39 is 69.2 Å². The molecule has 0 amide bonds. The zero-order valence-corrected chi connectivity index (χ0v) is 39.5. The van der Waals surface area contributed by atoms with Gasteiger partial charge in [0, 0.05) is 43.9 Å². The number of unbranched alkanes of at least 4 members (excludes halogenated alkanes) is 7. The van der Waals surface area contributed by atoms with Crippen molar-refractivity contribution in [3.8, 4) is 0 Å². The van der Waals surface area contributed by atoms with E-state index in [1.807, 2.05) is 21.1 Å². The Bertz CT molecular complexity index is 1420. The van der Waals surface area contributed by atoms with Gasteiger partial charge in [0.1, 0.15) is 25.5 Å². The molecule has 3 N–H and O–H groups in total. The Morgan fingerprint density at radius 3 is 2.03 bits per heavy atom. The first-order valence-electron chi connectivity index (χ1n) is 23.2. The van der Waals surface area contributed by atoms with E-state index in [1.165, 1.54) is 0 Å². The summed E-state index contributed by atoms with van der Waals surface area (Å²) >= 11 is 0. The predicted molar refractivity (Wildman–Crippen MR) is 243 cm³/mol. The monoisotopic (exact) mass is 896 g/mol. The molecule has 0 heterocycles. The fourth-order valence-electron chi connectivity index (χ4n) is 6.82. The van der Waals surface area contributed by atoms with Crippen molar-refractivity contribution in [3.63, 3.8) is 0 Å². The van der Waals surface area contributed by atoms with Gasteiger partial charge >= 0.3 is 11.9 Å². The van der Waals surface area contributed by atoms with Gasteiger partial charge in [-0.25, -0.2) is 0 Å². The Hall–Kier alpha value is -2.74. The van der Waals surface area contributed by atoms with Gasteiger partial charge in [0.25, 0.3) is 7.82 Å². The van der Waals surface area contributed by atoms with Crippen LogP contribution in [0.5, 0.6) is 0 Å². The summed E-state index contributed by atoms with van der Waals surface area (Å²) in [4.78, 5) is 50.7. The first kappa shape index (κ1) is 57.3. The minimum Gasteiger partial charge on any atom is -0.756 e. The molecule has 0 aromatic carbocycles. The van der Waals surface area contributed by atoms with Gasteiger partial charge in [-0.2, -0.15) is 0 Å². The van der Waals surface area contributed by atoms with Crippen molar-refractivity contribution in [1.82, 2.24) is 0 Å². The minimum absolute atomic E-state index is 0.0620. The number of ether oxygens (including phenoxy) is 2. The van der Waals surface area contributed by atoms with Crippen molar-refractivity contribution in [2.45, 2.75) is 167 Å². The van der Waals surface area contributed by atoms with E-state index >= 15 is 0 Å². The largest absolute Gasteiger partial charge is 0.756 e. The highest BCUT2D eigenvalue weighted by molar-refractivity contribution is 7.45. The summed E-state index contributed by atoms with van der Waals surface area (Å²) in [5.74, 6) is -2.19. The second-order valence-corrected chi connectivity index (χ2v) is 18.8. The molecule has 0 radical (unpaired) electrons. The van der Waals surface area contributed by atoms with E-state index in [1.54, 1.807) is 12.2 Å². The fourth-order valence-corrected chi connectivity index (χ4v) is 7.55. The molecule has 1 unspecified atom stereocenters. The third kappa shape index (κ3) is 31.2. The van der Waals surface area contributed by atoms with Gasteiger partial charge in [0.05, 0.1) is 46.1 Å². The third-order valence-corrected chi connectivity index (χ3v) is 11.5. The molecule has 0 saturated heterocycles. The van der Waals surface area contributed by atoms with Crippen molar-refractivity contribution in [3.05, 3.63) is 60.8 Å². The van der Waals surface area contributed by atoms with Crippen LogP contribution in [0, 0.1) is 11.8 Å². The molecular formula is C48H82NO12P. The molecule has 14 heteroatoms. The number of likely N-dealkylation sites (N-methyl/N-ethyl adjacent to an activating group) is 1. The molecule has 0 bridgehead atoms. The number of phosphoric acid groups is 1. The lowest BCUT2D eigenvalue weighted by atomic mass is 9.87. The first-order valence-corrected chi connectivity index (χ1v) is 24.6. The second kappa shape index (κ2) is 34.6. The van der Waals surface area contributed by atoms with E-state index in [9.17, 15) is 39.2 Å². The number of nitrogens with zero attached hydrogens (tertiary/aromatic N) is 1. The van der Waals surface area contributed by atoms with Gasteiger partial charge in [0.15, 0.2) is 6.10 Å². The molecule has 1 rings (SSSR count). The van der Waals surface area contributed by atoms with Crippen molar-refractivity contribution in [2.75, 3.05) is 47.5 Å². The molecule has 0 spiro atoms. The van der Waals surface area contributed by atoms with Crippen LogP contribution in [-0.4, -0.2) is 109 Å². The molecule has 0 aliphatic heterocycles. The van der Waals surface area contributed by atoms with E-state index in [2.05, 4.69) is 62.5 Å². The van der Waals surface area contributed by atoms with Gasteiger partial charge in [-0.1, -0.05) is 107 Å². The molecular weight excluding hydrogens is 813 g/mol. The normalized spacial score (nSPS) is 20.5. The zero-order chi connectivity index (χ0) is 46.1. The average Bonchev–Trinajstić information content (AvgIpc) is 3.47. The maximum atomic E-state index is 12.9. The van der Waals surface area contributed by atoms with Crippen molar-refractivity contribution >= 4 is 25.5 Å². The maximum Gasteiger partial charge on any atom is 0.306 e. The molecule has 1 aliphatic rings. The number of quaternary nitrogens is 1. The second-order valence-electron chi connectivity index (χ2n) is 17.3. The Balaban J connectivity index is 2.53. The molecule has 13 nitrogen and oxygen atoms in total. The van der Waals surface area contributed by atoms with Crippen LogP contribution in [0.15, 0.2) is 60.8 Å². The van der Waals surface area contributed by atoms with Crippen LogP contribution >= 0.6 is 7.82 Å². The first-order chi connectivity index (χ1) is 29.6. The number of carbonyl (C=O) groups is 3. The van der Waals surface area contributed by atoms with Gasteiger partial charge in [-0.15, -0.1) is 0 Å². The Kier molecular flexibility index (Phi) is 32.0. The van der Waals surface area contributed by atoms with E-state index in [0.29, 0.717) is 36.7 Å². The number of ketones is 1. The predicted octanol–water partition coefficient (Wildman–Crippen LogP) is 8.17. The van der Waals surface area contributed by atoms with E-state index in [0.717, 1.165) is 70.6 Å². The quantitative estimate of drug-likeness (QED) is 0.0179. The summed E-state index contributed by atoms with van der Waals surface area (Å²) in [6.07, 6.45) is 30.2. The Morgan fingerprint density at radius 2 is 1.37 bits per heavy atom. The van der Waals surface area contributed by atoms with Crippen LogP contribution in [0.2, 0.25) is 0 Å². The Morgan fingerprint density at radius 1 is 0.758 bits per heavy atom. The number of carbonyl (C=O) groups excluding carboxylic acids is 3. The topological polar surface area (TPSA) is 189 Å². The van der Waals surface area contributed by atoms with Crippen LogP contribution in [0.4, 0.5) is 0 Å².